The maximum Gasteiger partial charge on any atom is 0.227 e. The number of nitrogens with one attached hydrogen (secondary N) is 1. The molecule has 1 saturated heterocycles. The van der Waals surface area contributed by atoms with E-state index in [1.165, 1.54) is 0 Å². The Morgan fingerprint density at radius 1 is 1.15 bits per heavy atom. The van der Waals surface area contributed by atoms with Gasteiger partial charge in [-0.1, -0.05) is 29.5 Å². The zero-order chi connectivity index (χ0) is 23.0. The van der Waals surface area contributed by atoms with Crippen molar-refractivity contribution in [2.24, 2.45) is 0 Å². The summed E-state index contributed by atoms with van der Waals surface area (Å²) in [6.45, 7) is 3.36. The smallest absolute Gasteiger partial charge is 0.227 e. The molecule has 1 aliphatic heterocycles. The van der Waals surface area contributed by atoms with E-state index in [9.17, 15) is 9.59 Å². The molecule has 0 spiro atoms. The van der Waals surface area contributed by atoms with Crippen LogP contribution in [0, 0.1) is 11.3 Å². The van der Waals surface area contributed by atoms with Crippen molar-refractivity contribution in [1.82, 2.24) is 4.98 Å². The molecule has 8 nitrogen and oxygen atoms in total. The highest BCUT2D eigenvalue weighted by atomic mass is 32.1. The fraction of sp³-hybridized carbons (Fsp3) is 0.333. The summed E-state index contributed by atoms with van der Waals surface area (Å²) in [5, 5.41) is 12.8. The predicted molar refractivity (Wildman–Crippen MR) is 130 cm³/mol. The van der Waals surface area contributed by atoms with E-state index in [2.05, 4.69) is 16.3 Å². The lowest BCUT2D eigenvalue weighted by atomic mass is 10.2. The van der Waals surface area contributed by atoms with Crippen LogP contribution in [0.2, 0.25) is 0 Å². The van der Waals surface area contributed by atoms with Gasteiger partial charge < -0.3 is 19.9 Å². The number of thiazole rings is 1. The fourth-order valence-corrected chi connectivity index (χ4v) is 4.68. The predicted octanol–water partition coefficient (Wildman–Crippen LogP) is 3.80. The lowest BCUT2D eigenvalue weighted by Crippen LogP contribution is -2.36. The van der Waals surface area contributed by atoms with Gasteiger partial charge in [-0.25, -0.2) is 4.98 Å². The average Bonchev–Trinajstić information content (AvgIpc) is 3.28. The SMILES string of the molecule is N#CCCN(C(=O)CCC(=O)Nc1ccc2nc(N3CCOCC3)sc2c1)c1ccccc1. The zero-order valence-corrected chi connectivity index (χ0v) is 19.0. The van der Waals surface area contributed by atoms with Crippen molar-refractivity contribution in [3.8, 4) is 6.07 Å². The van der Waals surface area contributed by atoms with Gasteiger partial charge >= 0.3 is 0 Å². The van der Waals surface area contributed by atoms with Crippen LogP contribution in [0.3, 0.4) is 0 Å². The third-order valence-corrected chi connectivity index (χ3v) is 6.40. The van der Waals surface area contributed by atoms with E-state index in [1.54, 1.807) is 16.2 Å². The second-order valence-corrected chi connectivity index (χ2v) is 8.62. The minimum absolute atomic E-state index is 0.0640. The van der Waals surface area contributed by atoms with Crippen LogP contribution in [0.25, 0.3) is 10.2 Å². The number of hydrogen-bond donors (Lipinski definition) is 1. The highest BCUT2D eigenvalue weighted by Crippen LogP contribution is 2.31. The van der Waals surface area contributed by atoms with Crippen LogP contribution in [0.4, 0.5) is 16.5 Å². The lowest BCUT2D eigenvalue weighted by Gasteiger charge is -2.25. The number of amides is 2. The number of aromatic nitrogens is 1. The van der Waals surface area contributed by atoms with Crippen molar-refractivity contribution in [3.63, 3.8) is 0 Å². The highest BCUT2D eigenvalue weighted by Gasteiger charge is 2.18. The fourth-order valence-electron chi connectivity index (χ4n) is 3.63. The molecule has 0 aliphatic carbocycles. The molecule has 3 aromatic rings. The normalized spacial score (nSPS) is 13.5. The van der Waals surface area contributed by atoms with E-state index >= 15 is 0 Å². The number of carbonyl (C=O) groups excluding carboxylic acids is 2. The van der Waals surface area contributed by atoms with Crippen LogP contribution in [-0.4, -0.2) is 49.6 Å². The molecule has 2 heterocycles. The van der Waals surface area contributed by atoms with Crippen molar-refractivity contribution in [2.75, 3.05) is 48.0 Å². The number of nitriles is 1. The van der Waals surface area contributed by atoms with E-state index in [-0.39, 0.29) is 31.1 Å². The van der Waals surface area contributed by atoms with Crippen LogP contribution in [-0.2, 0) is 14.3 Å². The zero-order valence-electron chi connectivity index (χ0n) is 18.2. The molecule has 2 amide bonds. The third-order valence-electron chi connectivity index (χ3n) is 5.32. The summed E-state index contributed by atoms with van der Waals surface area (Å²) in [6, 6.07) is 16.9. The number of para-hydroxylation sites is 1. The van der Waals surface area contributed by atoms with Gasteiger partial charge in [0.2, 0.25) is 11.8 Å². The first-order chi connectivity index (χ1) is 16.1. The van der Waals surface area contributed by atoms with Gasteiger partial charge in [0.15, 0.2) is 5.13 Å². The topological polar surface area (TPSA) is 98.6 Å². The summed E-state index contributed by atoms with van der Waals surface area (Å²) in [5.41, 5.74) is 2.30. The number of ether oxygens (including phenoxy) is 1. The number of morpholine rings is 1. The van der Waals surface area contributed by atoms with Gasteiger partial charge in [0.25, 0.3) is 0 Å². The molecule has 0 saturated carbocycles. The van der Waals surface area contributed by atoms with Crippen LogP contribution in [0.15, 0.2) is 48.5 Å². The van der Waals surface area contributed by atoms with Gasteiger partial charge in [-0.05, 0) is 30.3 Å². The summed E-state index contributed by atoms with van der Waals surface area (Å²) in [4.78, 5) is 33.7. The van der Waals surface area contributed by atoms with Gasteiger partial charge in [-0.15, -0.1) is 0 Å². The Morgan fingerprint density at radius 3 is 2.70 bits per heavy atom. The molecule has 1 fully saturated rings. The molecule has 4 rings (SSSR count). The van der Waals surface area contributed by atoms with Crippen molar-refractivity contribution in [2.45, 2.75) is 19.3 Å². The minimum Gasteiger partial charge on any atom is -0.378 e. The van der Waals surface area contributed by atoms with Gasteiger partial charge in [0.05, 0.1) is 35.9 Å². The number of anilines is 3. The molecule has 1 N–H and O–H groups in total. The van der Waals surface area contributed by atoms with E-state index in [1.807, 2.05) is 48.5 Å². The number of benzene rings is 2. The summed E-state index contributed by atoms with van der Waals surface area (Å²) in [7, 11) is 0. The first-order valence-corrected chi connectivity index (χ1v) is 11.7. The number of carbonyl (C=O) groups is 2. The average molecular weight is 464 g/mol. The molecular formula is C24H25N5O3S. The molecule has 0 atom stereocenters. The van der Waals surface area contributed by atoms with E-state index in [4.69, 9.17) is 15.0 Å². The summed E-state index contributed by atoms with van der Waals surface area (Å²) >= 11 is 1.59. The second kappa shape index (κ2) is 10.9. The van der Waals surface area contributed by atoms with Crippen LogP contribution in [0.5, 0.6) is 0 Å². The molecule has 2 aromatic carbocycles. The van der Waals surface area contributed by atoms with Crippen molar-refractivity contribution < 1.29 is 14.3 Å². The third kappa shape index (κ3) is 5.86. The van der Waals surface area contributed by atoms with Gasteiger partial charge in [-0.3, -0.25) is 9.59 Å². The Kier molecular flexibility index (Phi) is 7.50. The van der Waals surface area contributed by atoms with Crippen molar-refractivity contribution >= 4 is 49.9 Å². The minimum atomic E-state index is -0.228. The number of rotatable bonds is 8. The molecule has 9 heteroatoms. The Bertz CT molecular complexity index is 1150. The van der Waals surface area contributed by atoms with Gasteiger partial charge in [0.1, 0.15) is 0 Å². The van der Waals surface area contributed by atoms with Crippen molar-refractivity contribution in [3.05, 3.63) is 48.5 Å². The van der Waals surface area contributed by atoms with Crippen molar-refractivity contribution in [1.29, 1.82) is 5.26 Å². The van der Waals surface area contributed by atoms with Gasteiger partial charge in [-0.2, -0.15) is 5.26 Å². The quantitative estimate of drug-likeness (QED) is 0.546. The van der Waals surface area contributed by atoms with E-state index < -0.39 is 0 Å². The molecule has 0 radical (unpaired) electrons. The van der Waals surface area contributed by atoms with Crippen LogP contribution in [0.1, 0.15) is 19.3 Å². The number of fused-ring (bicyclic) bond motifs is 1. The highest BCUT2D eigenvalue weighted by molar-refractivity contribution is 7.22. The summed E-state index contributed by atoms with van der Waals surface area (Å²) in [5.74, 6) is -0.409. The van der Waals surface area contributed by atoms with E-state index in [0.717, 1.165) is 34.1 Å². The molecule has 0 bridgehead atoms. The monoisotopic (exact) mass is 463 g/mol. The summed E-state index contributed by atoms with van der Waals surface area (Å²) < 4.78 is 6.40. The Hall–Kier alpha value is -3.48. The number of nitrogens with zero attached hydrogens (tertiary/aromatic N) is 4. The first-order valence-electron chi connectivity index (χ1n) is 10.9. The second-order valence-electron chi connectivity index (χ2n) is 7.62. The van der Waals surface area contributed by atoms with Gasteiger partial charge in [0, 0.05) is 43.9 Å². The lowest BCUT2D eigenvalue weighted by molar-refractivity contribution is -0.122. The maximum atomic E-state index is 12.8. The van der Waals surface area contributed by atoms with Crippen LogP contribution < -0.4 is 15.1 Å². The molecule has 1 aliphatic rings. The molecule has 1 aromatic heterocycles. The van der Waals surface area contributed by atoms with Crippen LogP contribution >= 0.6 is 11.3 Å². The van der Waals surface area contributed by atoms with E-state index in [0.29, 0.717) is 25.4 Å². The molecular weight excluding hydrogens is 438 g/mol. The summed E-state index contributed by atoms with van der Waals surface area (Å²) in [6.07, 6.45) is 0.360. The Balaban J connectivity index is 1.35. The molecule has 170 valence electrons. The first kappa shape index (κ1) is 22.7. The number of hydrogen-bond acceptors (Lipinski definition) is 7. The standard InChI is InChI=1S/C24H25N5O3S/c25-11-4-12-29(19-5-2-1-3-6-19)23(31)10-9-22(30)26-18-7-8-20-21(17-18)33-24(27-20)28-13-15-32-16-14-28/h1-3,5-8,17H,4,9-10,12-16H2,(H,26,30). The maximum absolute atomic E-state index is 12.8. The molecule has 0 unspecified atom stereocenters. The largest absolute Gasteiger partial charge is 0.378 e. The molecule has 33 heavy (non-hydrogen) atoms. The Labute approximate surface area is 196 Å². The Morgan fingerprint density at radius 2 is 1.94 bits per heavy atom.